The highest BCUT2D eigenvalue weighted by Crippen LogP contribution is 2.31. The maximum atomic E-state index is 11.7. The topological polar surface area (TPSA) is 267 Å². The van der Waals surface area contributed by atoms with Gasteiger partial charge < -0.3 is 79.7 Å². The van der Waals surface area contributed by atoms with E-state index in [2.05, 4.69) is 5.32 Å². The lowest BCUT2D eigenvalue weighted by Gasteiger charge is -2.47. The second-order valence-corrected chi connectivity index (χ2v) is 9.32. The van der Waals surface area contributed by atoms with Gasteiger partial charge in [0.05, 0.1) is 19.8 Å². The molecule has 3 rings (SSSR count). The van der Waals surface area contributed by atoms with Crippen LogP contribution in [-0.2, 0) is 33.2 Å². The second-order valence-electron chi connectivity index (χ2n) is 9.32. The van der Waals surface area contributed by atoms with Crippen LogP contribution in [-0.4, -0.2) is 171 Å². The number of nitrogens with one attached hydrogen (secondary N) is 1. The van der Waals surface area contributed by atoms with Crippen molar-refractivity contribution in [2.45, 2.75) is 99.0 Å². The molecule has 3 aliphatic heterocycles. The van der Waals surface area contributed by atoms with Gasteiger partial charge in [-0.1, -0.05) is 0 Å². The third-order valence-electron chi connectivity index (χ3n) is 6.72. The van der Waals surface area contributed by atoms with Gasteiger partial charge in [-0.05, 0) is 0 Å². The van der Waals surface area contributed by atoms with E-state index < -0.39 is 118 Å². The Morgan fingerprint density at radius 3 is 1.84 bits per heavy atom. The first-order valence-electron chi connectivity index (χ1n) is 12.0. The highest BCUT2D eigenvalue weighted by atomic mass is 16.8. The lowest BCUT2D eigenvalue weighted by molar-refractivity contribution is -0.362. The molecule has 0 spiro atoms. The summed E-state index contributed by atoms with van der Waals surface area (Å²) in [5.74, 6) is -0.631. The summed E-state index contributed by atoms with van der Waals surface area (Å²) in [5.41, 5.74) is 0. The van der Waals surface area contributed by atoms with E-state index in [9.17, 15) is 50.8 Å². The number of rotatable bonds is 9. The fourth-order valence-electron chi connectivity index (χ4n) is 4.61. The van der Waals surface area contributed by atoms with Gasteiger partial charge in [-0.2, -0.15) is 0 Å². The fourth-order valence-corrected chi connectivity index (χ4v) is 4.61. The van der Waals surface area contributed by atoms with Gasteiger partial charge >= 0.3 is 0 Å². The molecule has 38 heavy (non-hydrogen) atoms. The van der Waals surface area contributed by atoms with Gasteiger partial charge in [0, 0.05) is 14.0 Å². The van der Waals surface area contributed by atoms with E-state index in [-0.39, 0.29) is 0 Å². The first-order valence-corrected chi connectivity index (χ1v) is 12.0. The molecule has 0 radical (unpaired) electrons. The third kappa shape index (κ3) is 6.60. The van der Waals surface area contributed by atoms with Crippen LogP contribution in [0.3, 0.4) is 0 Å². The Balaban J connectivity index is 1.82. The normalized spacial score (nSPS) is 48.0. The molecule has 0 aromatic rings. The Morgan fingerprint density at radius 1 is 0.737 bits per heavy atom. The highest BCUT2D eigenvalue weighted by molar-refractivity contribution is 5.73. The van der Waals surface area contributed by atoms with Gasteiger partial charge in [0.15, 0.2) is 18.9 Å². The average molecular weight is 560 g/mol. The molecule has 15 atom stereocenters. The zero-order chi connectivity index (χ0) is 28.3. The molecular formula is C21H37NO16. The summed E-state index contributed by atoms with van der Waals surface area (Å²) in [7, 11) is 1.22. The van der Waals surface area contributed by atoms with Gasteiger partial charge in [0.25, 0.3) is 0 Å². The molecule has 0 aromatic heterocycles. The molecule has 222 valence electrons. The summed E-state index contributed by atoms with van der Waals surface area (Å²) in [5, 5.41) is 93.3. The molecule has 3 heterocycles. The number of methoxy groups -OCH3 is 1. The predicted molar refractivity (Wildman–Crippen MR) is 118 cm³/mol. The smallest absolute Gasteiger partial charge is 0.217 e. The number of carbonyl (C=O) groups excluding carboxylic acids is 1. The Kier molecular flexibility index (Phi) is 11.1. The lowest BCUT2D eigenvalue weighted by atomic mass is 9.95. The van der Waals surface area contributed by atoms with E-state index in [4.69, 9.17) is 28.4 Å². The van der Waals surface area contributed by atoms with Crippen molar-refractivity contribution < 1.29 is 79.2 Å². The van der Waals surface area contributed by atoms with E-state index >= 15 is 0 Å². The SMILES string of the molecule is CO[C@H]1[C@H](O)[C@@H](O)C(O)O[C@@H]1CO[C@H]1O[C@H](CO)[C@@H](O)[C@H](O)[C@@H]1O[C@@H]1O[C@H](CO)[C@@H](O)[C@H](O)[C@H]1NC(C)=O. The molecule has 10 N–H and O–H groups in total. The first-order chi connectivity index (χ1) is 17.9. The van der Waals surface area contributed by atoms with Crippen molar-refractivity contribution in [2.75, 3.05) is 26.9 Å². The minimum Gasteiger partial charge on any atom is -0.394 e. The summed E-state index contributed by atoms with van der Waals surface area (Å²) in [6, 6.07) is -1.39. The predicted octanol–water partition coefficient (Wildman–Crippen LogP) is -6.78. The van der Waals surface area contributed by atoms with Gasteiger partial charge in [0.2, 0.25) is 5.91 Å². The highest BCUT2D eigenvalue weighted by Gasteiger charge is 2.52. The Hall–Kier alpha value is -1.13. The standard InChI is InChI=1S/C21H37NO16/c1-6(25)22-10-13(28)11(26)7(3-23)36-20(10)38-18-14(29)12(27)8(4-24)37-21(18)34-5-9-17(33-2)15(30)16(31)19(32)35-9/h7-21,23-24,26-32H,3-5H2,1-2H3,(H,22,25)/t7-,8-,9-,10-,11-,12-,13-,14+,15-,16-,17-,18+,19?,20+,21+/m1/s1. The van der Waals surface area contributed by atoms with Crippen LogP contribution >= 0.6 is 0 Å². The van der Waals surface area contributed by atoms with Crippen molar-refractivity contribution in [2.24, 2.45) is 0 Å². The van der Waals surface area contributed by atoms with E-state index in [1.165, 1.54) is 7.11 Å². The van der Waals surface area contributed by atoms with Gasteiger partial charge in [-0.15, -0.1) is 0 Å². The maximum absolute atomic E-state index is 11.7. The van der Waals surface area contributed by atoms with Crippen LogP contribution in [0.15, 0.2) is 0 Å². The molecule has 3 saturated heterocycles. The summed E-state index contributed by atoms with van der Waals surface area (Å²) >= 11 is 0. The fraction of sp³-hybridized carbons (Fsp3) is 0.952. The molecule has 0 saturated carbocycles. The van der Waals surface area contributed by atoms with Crippen LogP contribution in [0.5, 0.6) is 0 Å². The zero-order valence-corrected chi connectivity index (χ0v) is 20.7. The van der Waals surface area contributed by atoms with Crippen LogP contribution in [0, 0.1) is 0 Å². The second kappa shape index (κ2) is 13.5. The number of ether oxygens (including phenoxy) is 6. The molecule has 17 nitrogen and oxygen atoms in total. The third-order valence-corrected chi connectivity index (χ3v) is 6.72. The van der Waals surface area contributed by atoms with Crippen molar-refractivity contribution in [3.8, 4) is 0 Å². The summed E-state index contributed by atoms with van der Waals surface area (Å²) in [4.78, 5) is 11.7. The summed E-state index contributed by atoms with van der Waals surface area (Å²) in [6.07, 6.45) is -21.5. The van der Waals surface area contributed by atoms with E-state index in [0.29, 0.717) is 0 Å². The minimum absolute atomic E-state index is 0.480. The van der Waals surface area contributed by atoms with Crippen LogP contribution in [0.2, 0.25) is 0 Å². The number of hydrogen-bond acceptors (Lipinski definition) is 16. The maximum Gasteiger partial charge on any atom is 0.217 e. The largest absolute Gasteiger partial charge is 0.394 e. The zero-order valence-electron chi connectivity index (χ0n) is 20.7. The van der Waals surface area contributed by atoms with Crippen molar-refractivity contribution in [1.29, 1.82) is 0 Å². The Morgan fingerprint density at radius 2 is 1.29 bits per heavy atom. The lowest BCUT2D eigenvalue weighted by Crippen LogP contribution is -2.67. The molecule has 3 fully saturated rings. The van der Waals surface area contributed by atoms with Gasteiger partial charge in [0.1, 0.15) is 73.2 Å². The number of carbonyl (C=O) groups is 1. The number of aliphatic hydroxyl groups is 9. The number of hydrogen-bond donors (Lipinski definition) is 10. The van der Waals surface area contributed by atoms with Crippen molar-refractivity contribution in [3.63, 3.8) is 0 Å². The summed E-state index contributed by atoms with van der Waals surface area (Å²) < 4.78 is 32.9. The van der Waals surface area contributed by atoms with Crippen LogP contribution < -0.4 is 5.32 Å². The monoisotopic (exact) mass is 559 g/mol. The molecular weight excluding hydrogens is 522 g/mol. The Labute approximate surface area is 217 Å². The van der Waals surface area contributed by atoms with E-state index in [0.717, 1.165) is 6.92 Å². The van der Waals surface area contributed by atoms with Crippen LogP contribution in [0.25, 0.3) is 0 Å². The number of aliphatic hydroxyl groups excluding tert-OH is 9. The molecule has 0 aliphatic carbocycles. The average Bonchev–Trinajstić information content (AvgIpc) is 2.88. The summed E-state index contributed by atoms with van der Waals surface area (Å²) in [6.45, 7) is -0.824. The Bertz CT molecular complexity index is 763. The van der Waals surface area contributed by atoms with Crippen LogP contribution in [0.1, 0.15) is 6.92 Å². The quantitative estimate of drug-likeness (QED) is 0.126. The molecule has 1 unspecified atom stereocenters. The first kappa shape index (κ1) is 31.4. The van der Waals surface area contributed by atoms with Crippen LogP contribution in [0.4, 0.5) is 0 Å². The molecule has 17 heteroatoms. The van der Waals surface area contributed by atoms with E-state index in [1.807, 2.05) is 0 Å². The van der Waals surface area contributed by atoms with Crippen molar-refractivity contribution >= 4 is 5.91 Å². The molecule has 1 amide bonds. The van der Waals surface area contributed by atoms with Gasteiger partial charge in [-0.25, -0.2) is 0 Å². The minimum atomic E-state index is -1.78. The van der Waals surface area contributed by atoms with Gasteiger partial charge in [-0.3, -0.25) is 4.79 Å². The van der Waals surface area contributed by atoms with E-state index in [1.54, 1.807) is 0 Å². The van der Waals surface area contributed by atoms with Crippen molar-refractivity contribution in [3.05, 3.63) is 0 Å². The molecule has 0 aromatic carbocycles. The molecule has 3 aliphatic rings. The van der Waals surface area contributed by atoms with Crippen molar-refractivity contribution in [1.82, 2.24) is 5.32 Å². The molecule has 0 bridgehead atoms. The number of amides is 1.